The molecule has 1 fully saturated rings. The Kier molecular flexibility index (Phi) is 55.3. The van der Waals surface area contributed by atoms with Gasteiger partial charge in [-0.05, 0) is 287 Å². The molecule has 780 valence electrons. The zero-order valence-electron chi connectivity index (χ0n) is 95.5. The summed E-state index contributed by atoms with van der Waals surface area (Å²) in [6.07, 6.45) is 14.7. The highest BCUT2D eigenvalue weighted by atomic mass is 35.5. The largest absolute Gasteiger partial charge is 0.508 e. The van der Waals surface area contributed by atoms with Crippen molar-refractivity contribution in [2.45, 2.75) is 374 Å². The van der Waals surface area contributed by atoms with Crippen molar-refractivity contribution in [3.63, 3.8) is 0 Å². The van der Waals surface area contributed by atoms with Gasteiger partial charge < -0.3 is 36.2 Å². The number of anilines is 2. The molecule has 5 aromatic heterocycles. The van der Waals surface area contributed by atoms with E-state index in [1.807, 2.05) is 149 Å². The molecule has 6 heterocycles. The van der Waals surface area contributed by atoms with Gasteiger partial charge in [0, 0.05) is 83.5 Å². The number of nitrogens with one attached hydrogen (secondary N) is 2. The number of ether oxygens (including phenoxy) is 1. The van der Waals surface area contributed by atoms with E-state index in [9.17, 15) is 9.90 Å². The number of aromatic hydroxyl groups is 2. The van der Waals surface area contributed by atoms with Gasteiger partial charge in [-0.25, -0.2) is 0 Å². The van der Waals surface area contributed by atoms with Crippen LogP contribution in [0.1, 0.15) is 364 Å². The van der Waals surface area contributed by atoms with Crippen LogP contribution in [-0.4, -0.2) is 78.6 Å². The molecule has 13 nitrogen and oxygen atoms in total. The van der Waals surface area contributed by atoms with Gasteiger partial charge in [0.15, 0.2) is 0 Å². The van der Waals surface area contributed by atoms with E-state index in [1.165, 1.54) is 68.1 Å². The number of hydrogen-bond donors (Lipinski definition) is 6. The van der Waals surface area contributed by atoms with E-state index < -0.39 is 0 Å². The van der Waals surface area contributed by atoms with Crippen LogP contribution >= 0.6 is 34.5 Å². The molecule has 0 spiro atoms. The Bertz CT molecular complexity index is 4760. The summed E-state index contributed by atoms with van der Waals surface area (Å²) >= 11 is 13.4. The minimum absolute atomic E-state index is 0.0255. The first-order valence-corrected chi connectivity index (χ1v) is 51.2. The highest BCUT2D eigenvalue weighted by Gasteiger charge is 2.25. The van der Waals surface area contributed by atoms with Gasteiger partial charge in [0.25, 0.3) is 0 Å². The molecule has 8 N–H and O–H groups in total. The SMILES string of the molecule is CC(=O)NC(C)(C)C.CC(C)(C)N1CCOCC1.CC(C)(C)c1ccc(Cl)cc1.CC(C)(C)c1ccc(N)cc1.CC(C)(C)c1ccc(O)cc1.CC(C)(C)c1cccc(Cl)c1.CC(C)(C)c1cccc(N)c1.CC(C)(C)c1cccc(O)c1.CC(C)(C)c1ccccc1.CC(C)(C)c1cccnc1.CC(C)(C)c1ccncc1.CC(C)(C)c1ccoc1.CC(C)(C)c1ccsc1.CC(C)(C)c1cn[nH]c1. The number of aromatic nitrogens is 4. The molecule has 0 atom stereocenters. The van der Waals surface area contributed by atoms with E-state index in [0.717, 1.165) is 53.3 Å². The zero-order valence-corrected chi connectivity index (χ0v) is 97.9. The van der Waals surface area contributed by atoms with E-state index in [0.29, 0.717) is 27.9 Å². The molecule has 1 saturated heterocycles. The summed E-state index contributed by atoms with van der Waals surface area (Å²) in [5.41, 5.74) is 31.5. The number of phenolic OH excluding ortho intramolecular Hbond substituents is 2. The van der Waals surface area contributed by atoms with E-state index in [-0.39, 0.29) is 65.6 Å². The fourth-order valence-corrected chi connectivity index (χ4v) is 13.4. The summed E-state index contributed by atoms with van der Waals surface area (Å²) in [7, 11) is 0. The number of nitrogen functional groups attached to an aromatic ring is 2. The van der Waals surface area contributed by atoms with Crippen LogP contribution in [0.25, 0.3) is 0 Å². The van der Waals surface area contributed by atoms with Gasteiger partial charge in [0.1, 0.15) is 11.5 Å². The Balaban J connectivity index is 0.00000150. The van der Waals surface area contributed by atoms with Crippen LogP contribution in [0.2, 0.25) is 10.0 Å². The van der Waals surface area contributed by atoms with Gasteiger partial charge in [-0.1, -0.05) is 382 Å². The number of thiophene rings is 1. The van der Waals surface area contributed by atoms with Crippen molar-refractivity contribution in [1.29, 1.82) is 0 Å². The van der Waals surface area contributed by atoms with Crippen LogP contribution in [0.4, 0.5) is 11.4 Å². The minimum Gasteiger partial charge on any atom is -0.508 e. The first kappa shape index (κ1) is 131. The number of furan rings is 1. The molecule has 0 saturated carbocycles. The number of aromatic amines is 1. The summed E-state index contributed by atoms with van der Waals surface area (Å²) in [5.74, 6) is 0.702. The maximum Gasteiger partial charge on any atom is 0.217 e. The maximum absolute atomic E-state index is 10.3. The Morgan fingerprint density at radius 1 is 0.355 bits per heavy atom. The number of phenols is 2. The van der Waals surface area contributed by atoms with Crippen molar-refractivity contribution in [3.8, 4) is 11.5 Å². The first-order valence-electron chi connectivity index (χ1n) is 49.5. The molecule has 1 aliphatic heterocycles. The number of hydrogen-bond acceptors (Lipinski definition) is 12. The number of benzene rings is 7. The number of nitrogens with two attached hydrogens (primary N) is 2. The average molecular weight is 1990 g/mol. The molecule has 13 rings (SSSR count). The molecule has 12 aromatic rings. The lowest BCUT2D eigenvalue weighted by Crippen LogP contribution is -2.47. The van der Waals surface area contributed by atoms with Crippen molar-refractivity contribution in [1.82, 2.24) is 30.4 Å². The molecular weight excluding hydrogens is 1800 g/mol. The lowest BCUT2D eigenvalue weighted by Gasteiger charge is -2.38. The smallest absolute Gasteiger partial charge is 0.217 e. The molecule has 16 heteroatoms. The number of amides is 1. The lowest BCUT2D eigenvalue weighted by molar-refractivity contribution is -0.120. The summed E-state index contributed by atoms with van der Waals surface area (Å²) < 4.78 is 10.2. The molecule has 141 heavy (non-hydrogen) atoms. The summed E-state index contributed by atoms with van der Waals surface area (Å²) in [6.45, 7) is 96.7. The summed E-state index contributed by atoms with van der Waals surface area (Å²) in [5, 5.41) is 33.5. The second-order valence-corrected chi connectivity index (χ2v) is 51.6. The average Bonchev–Trinajstić information content (AvgIpc) is 1.80. The first-order chi connectivity index (χ1) is 64.1. The van der Waals surface area contributed by atoms with Gasteiger partial charge >= 0.3 is 0 Å². The van der Waals surface area contributed by atoms with Gasteiger partial charge in [0.05, 0.1) is 31.9 Å². The van der Waals surface area contributed by atoms with Crippen molar-refractivity contribution < 1.29 is 24.2 Å². The van der Waals surface area contributed by atoms with Crippen LogP contribution in [0.5, 0.6) is 11.5 Å². The minimum atomic E-state index is -0.0775. The predicted octanol–water partition coefficient (Wildman–Crippen LogP) is 34.9. The Morgan fingerprint density at radius 2 is 0.738 bits per heavy atom. The monoisotopic (exact) mass is 1990 g/mol. The maximum atomic E-state index is 10.3. The van der Waals surface area contributed by atoms with Crippen LogP contribution < -0.4 is 16.8 Å². The van der Waals surface area contributed by atoms with Gasteiger partial charge in [-0.2, -0.15) is 16.4 Å². The van der Waals surface area contributed by atoms with Crippen molar-refractivity contribution in [2.75, 3.05) is 37.8 Å². The quantitative estimate of drug-likeness (QED) is 0.0789. The van der Waals surface area contributed by atoms with E-state index in [4.69, 9.17) is 48.9 Å². The topological polar surface area (TPSA) is 202 Å². The summed E-state index contributed by atoms with van der Waals surface area (Å²) in [6, 6.07) is 69.8. The molecule has 1 amide bonds. The number of nitrogens with zero attached hydrogens (tertiary/aromatic N) is 4. The Labute approximate surface area is 872 Å². The van der Waals surface area contributed by atoms with Crippen LogP contribution in [0.15, 0.2) is 277 Å². The molecule has 0 radical (unpaired) electrons. The van der Waals surface area contributed by atoms with Crippen LogP contribution in [0, 0.1) is 0 Å². The molecule has 7 aromatic carbocycles. The van der Waals surface area contributed by atoms with E-state index >= 15 is 0 Å². The zero-order chi connectivity index (χ0) is 109. The van der Waals surface area contributed by atoms with Crippen molar-refractivity contribution in [2.24, 2.45) is 0 Å². The third kappa shape index (κ3) is 61.7. The number of pyridine rings is 2. The fourth-order valence-electron chi connectivity index (χ4n) is 12.2. The van der Waals surface area contributed by atoms with E-state index in [2.05, 4.69) is 402 Å². The third-order valence-corrected chi connectivity index (χ3v) is 22.9. The number of carbonyl (C=O) groups excluding carboxylic acids is 1. The number of H-pyrrole nitrogens is 1. The second-order valence-electron chi connectivity index (χ2n) is 49.9. The number of morpholine rings is 1. The van der Waals surface area contributed by atoms with Gasteiger partial charge in [-0.3, -0.25) is 24.8 Å². The molecular formula is C125H190Cl2N8O5S. The fraction of sp³-hybridized carbons (Fsp3) is 0.488. The summed E-state index contributed by atoms with van der Waals surface area (Å²) in [4.78, 5) is 20.8. The second kappa shape index (κ2) is 59.5. The lowest BCUT2D eigenvalue weighted by atomic mass is 9.87. The van der Waals surface area contributed by atoms with E-state index in [1.54, 1.807) is 54.3 Å². The predicted molar refractivity (Wildman–Crippen MR) is 617 cm³/mol. The number of halogens is 2. The molecule has 0 aliphatic carbocycles. The Hall–Kier alpha value is -9.80. The molecule has 1 aliphatic rings. The normalized spacial score (nSPS) is 12.4. The van der Waals surface area contributed by atoms with Crippen LogP contribution in [0.3, 0.4) is 0 Å². The highest BCUT2D eigenvalue weighted by Crippen LogP contribution is 2.32. The van der Waals surface area contributed by atoms with Gasteiger partial charge in [-0.15, -0.1) is 0 Å². The van der Waals surface area contributed by atoms with Gasteiger partial charge in [0.2, 0.25) is 5.91 Å². The standard InChI is InChI=1S/2C10H13Cl.2C10H15N.2C10H14O.C10H14.2C9H13N.C8H17NO.C8H12O.C8H12S.C7H12N2.C6H13NO/c1-10(2,3)8-4-6-9(11)7-5-8;1-10(2,3)8-5-4-6-9(11)7-8;1-10(2,3)8-4-6-9(11)7-5-8;1-10(2,3)8-5-4-6-9(11)7-8;1-10(2,3)8-4-6-9(11)7-5-8;1-10(2,3)8-5-4-6-9(11)7-8;1-10(2,3)9-7-5-4-6-8-9;1-9(2,3)8-4-6-10-7-5-8;1-9(2,3)8-5-4-6-10-7-8;1-8(2,3)9-4-6-10-7-5-9;2*1-8(2,3)7-4-5-9-6-7;1-7(2,3)6-4-8-9-5-6;1-5(8)7-6(2,3)4/h2*4-7H,1-3H3;2*4-7H,11H2,1-3H3;2*4-7,11H,1-3H3;4-8H,1-3H3;2*4-7H,1-3H3;4-7H2,1-3H3;2*4-6H,1-3H3;4-5H,1-3H3,(H,8,9);1-4H3,(H,7,8). The Morgan fingerprint density at radius 3 is 1.01 bits per heavy atom. The number of rotatable bonds is 0. The van der Waals surface area contributed by atoms with Crippen molar-refractivity contribution in [3.05, 3.63) is 350 Å². The van der Waals surface area contributed by atoms with Crippen molar-refractivity contribution >= 4 is 51.8 Å². The van der Waals surface area contributed by atoms with Crippen LogP contribution in [-0.2, 0) is 74.5 Å². The molecule has 0 unspecified atom stereocenters. The third-order valence-electron chi connectivity index (χ3n) is 21.7. The molecule has 0 bridgehead atoms. The highest BCUT2D eigenvalue weighted by molar-refractivity contribution is 7.08. The number of carbonyl (C=O) groups is 1.